The van der Waals surface area contributed by atoms with E-state index in [1.165, 1.54) is 0 Å². The van der Waals surface area contributed by atoms with E-state index in [1.807, 2.05) is 76.2 Å². The average molecular weight is 615 g/mol. The highest BCUT2D eigenvalue weighted by Gasteiger charge is 2.38. The predicted molar refractivity (Wildman–Crippen MR) is 180 cm³/mol. The van der Waals surface area contributed by atoms with Crippen molar-refractivity contribution in [1.82, 2.24) is 0 Å². The van der Waals surface area contributed by atoms with Crippen LogP contribution in [0.4, 0.5) is 0 Å². The minimum Gasteiger partial charge on any atom is -0.494 e. The van der Waals surface area contributed by atoms with Crippen LogP contribution in [0.15, 0.2) is 108 Å². The summed E-state index contributed by atoms with van der Waals surface area (Å²) in [6.45, 7) is 10.4. The maximum absolute atomic E-state index is 6.82. The SMILES string of the molecule is CCOc1ccc(C2=C3CC4Oc5cc(OCC)ccc5C(c5ccc(OCC)cc5)=C4C=C3Oc3cc(OCC)ccc32)cc1. The van der Waals surface area contributed by atoms with Crippen molar-refractivity contribution in [2.45, 2.75) is 40.2 Å². The second kappa shape index (κ2) is 12.7. The average Bonchev–Trinajstić information content (AvgIpc) is 3.07. The summed E-state index contributed by atoms with van der Waals surface area (Å²) in [4.78, 5) is 0. The molecule has 0 radical (unpaired) electrons. The van der Waals surface area contributed by atoms with E-state index in [2.05, 4.69) is 42.5 Å². The minimum absolute atomic E-state index is 0.227. The summed E-state index contributed by atoms with van der Waals surface area (Å²) in [5.74, 6) is 5.65. The van der Waals surface area contributed by atoms with Crippen molar-refractivity contribution < 1.29 is 28.4 Å². The van der Waals surface area contributed by atoms with Crippen molar-refractivity contribution in [1.29, 1.82) is 0 Å². The first-order valence-corrected chi connectivity index (χ1v) is 16.1. The van der Waals surface area contributed by atoms with Gasteiger partial charge in [-0.2, -0.15) is 0 Å². The standard InChI is InChI=1S/C40H38O6/c1-5-41-27-13-9-25(10-14-27)39-31-19-17-29(43-7-3)21-35(31)45-37-24-34-38(23-33(37)39)46-36-22-30(44-8-4)18-20-32(36)40(34)26-11-15-28(16-12-26)42-6-2/h9-23,37H,5-8,24H2,1-4H3. The second-order valence-corrected chi connectivity index (χ2v) is 11.2. The van der Waals surface area contributed by atoms with E-state index in [9.17, 15) is 0 Å². The van der Waals surface area contributed by atoms with Crippen LogP contribution in [0.1, 0.15) is 56.4 Å². The molecular formula is C40H38O6. The van der Waals surface area contributed by atoms with E-state index in [0.29, 0.717) is 32.8 Å². The molecular weight excluding hydrogens is 576 g/mol. The van der Waals surface area contributed by atoms with Gasteiger partial charge in [0.1, 0.15) is 46.4 Å². The molecule has 0 amide bonds. The van der Waals surface area contributed by atoms with E-state index in [0.717, 1.165) is 84.8 Å². The molecule has 0 saturated heterocycles. The summed E-state index contributed by atoms with van der Waals surface area (Å²) < 4.78 is 36.8. The first-order valence-electron chi connectivity index (χ1n) is 16.1. The third-order valence-electron chi connectivity index (χ3n) is 8.37. The van der Waals surface area contributed by atoms with Gasteiger partial charge in [0, 0.05) is 40.8 Å². The van der Waals surface area contributed by atoms with Crippen molar-refractivity contribution in [3.8, 4) is 34.5 Å². The van der Waals surface area contributed by atoms with Gasteiger partial charge in [-0.15, -0.1) is 0 Å². The molecule has 1 atom stereocenters. The van der Waals surface area contributed by atoms with Crippen LogP contribution in [-0.2, 0) is 0 Å². The second-order valence-electron chi connectivity index (χ2n) is 11.2. The van der Waals surface area contributed by atoms with E-state index in [-0.39, 0.29) is 6.10 Å². The number of hydrogen-bond acceptors (Lipinski definition) is 6. The Hall–Kier alpha value is -5.10. The zero-order valence-electron chi connectivity index (χ0n) is 26.7. The Kier molecular flexibility index (Phi) is 8.18. The van der Waals surface area contributed by atoms with Crippen LogP contribution in [-0.4, -0.2) is 32.5 Å². The lowest BCUT2D eigenvalue weighted by molar-refractivity contribution is 0.226. The maximum Gasteiger partial charge on any atom is 0.138 e. The Balaban J connectivity index is 1.43. The van der Waals surface area contributed by atoms with Gasteiger partial charge in [-0.3, -0.25) is 0 Å². The van der Waals surface area contributed by atoms with Crippen LogP contribution in [0, 0.1) is 0 Å². The fourth-order valence-electron chi connectivity index (χ4n) is 6.50. The number of ether oxygens (including phenoxy) is 6. The quantitative estimate of drug-likeness (QED) is 0.178. The molecule has 234 valence electrons. The lowest BCUT2D eigenvalue weighted by atomic mass is 9.78. The van der Waals surface area contributed by atoms with Crippen LogP contribution in [0.3, 0.4) is 0 Å². The van der Waals surface area contributed by atoms with Gasteiger partial charge < -0.3 is 28.4 Å². The van der Waals surface area contributed by atoms with Crippen molar-refractivity contribution in [2.75, 3.05) is 26.4 Å². The molecule has 46 heavy (non-hydrogen) atoms. The van der Waals surface area contributed by atoms with Gasteiger partial charge in [-0.1, -0.05) is 24.3 Å². The highest BCUT2D eigenvalue weighted by molar-refractivity contribution is 5.93. The third-order valence-corrected chi connectivity index (χ3v) is 8.37. The summed E-state index contributed by atoms with van der Waals surface area (Å²) in [5.41, 5.74) is 8.63. The van der Waals surface area contributed by atoms with E-state index in [4.69, 9.17) is 28.4 Å². The van der Waals surface area contributed by atoms with Crippen molar-refractivity contribution in [3.05, 3.63) is 130 Å². The van der Waals surface area contributed by atoms with Gasteiger partial charge in [-0.25, -0.2) is 0 Å². The molecule has 0 spiro atoms. The van der Waals surface area contributed by atoms with Gasteiger partial charge in [0.05, 0.1) is 26.4 Å². The van der Waals surface area contributed by atoms with Crippen molar-refractivity contribution in [3.63, 3.8) is 0 Å². The Bertz CT molecular complexity index is 1850. The molecule has 0 N–H and O–H groups in total. The summed E-state index contributed by atoms with van der Waals surface area (Å²) in [7, 11) is 0. The summed E-state index contributed by atoms with van der Waals surface area (Å²) in [6.07, 6.45) is 2.57. The highest BCUT2D eigenvalue weighted by atomic mass is 16.5. The van der Waals surface area contributed by atoms with Crippen molar-refractivity contribution >= 4 is 11.1 Å². The molecule has 7 rings (SSSR count). The summed E-state index contributed by atoms with van der Waals surface area (Å²) in [6, 6.07) is 28.8. The largest absolute Gasteiger partial charge is 0.494 e. The van der Waals surface area contributed by atoms with Gasteiger partial charge in [-0.05, 0) is 105 Å². The van der Waals surface area contributed by atoms with Gasteiger partial charge >= 0.3 is 0 Å². The molecule has 0 aromatic heterocycles. The first kappa shape index (κ1) is 29.6. The van der Waals surface area contributed by atoms with E-state index in [1.54, 1.807) is 0 Å². The normalized spacial score (nSPS) is 16.2. The number of allylic oxidation sites excluding steroid dienone is 1. The molecule has 0 bridgehead atoms. The maximum atomic E-state index is 6.82. The Labute approximate surface area is 270 Å². The van der Waals surface area contributed by atoms with Gasteiger partial charge in [0.15, 0.2) is 0 Å². The summed E-state index contributed by atoms with van der Waals surface area (Å²) in [5, 5.41) is 0. The monoisotopic (exact) mass is 614 g/mol. The Morgan fingerprint density at radius 2 is 1.04 bits per heavy atom. The summed E-state index contributed by atoms with van der Waals surface area (Å²) >= 11 is 0. The van der Waals surface area contributed by atoms with Crippen LogP contribution < -0.4 is 28.4 Å². The van der Waals surface area contributed by atoms with Gasteiger partial charge in [0.2, 0.25) is 0 Å². The van der Waals surface area contributed by atoms with Crippen LogP contribution in [0.2, 0.25) is 0 Å². The molecule has 3 aliphatic rings. The Morgan fingerprint density at radius 1 is 0.565 bits per heavy atom. The molecule has 4 aromatic rings. The molecule has 1 unspecified atom stereocenters. The third kappa shape index (κ3) is 5.49. The molecule has 0 saturated carbocycles. The topological polar surface area (TPSA) is 55.4 Å². The lowest BCUT2D eigenvalue weighted by Gasteiger charge is -2.37. The zero-order valence-corrected chi connectivity index (χ0v) is 26.7. The fourth-order valence-corrected chi connectivity index (χ4v) is 6.50. The van der Waals surface area contributed by atoms with Crippen LogP contribution in [0.5, 0.6) is 34.5 Å². The molecule has 0 fully saturated rings. The number of rotatable bonds is 10. The lowest BCUT2D eigenvalue weighted by Crippen LogP contribution is -2.30. The molecule has 6 nitrogen and oxygen atoms in total. The Morgan fingerprint density at radius 3 is 1.61 bits per heavy atom. The molecule has 2 aliphatic heterocycles. The molecule has 4 aromatic carbocycles. The highest BCUT2D eigenvalue weighted by Crippen LogP contribution is 2.51. The number of benzene rings is 4. The first-order chi connectivity index (χ1) is 22.6. The minimum atomic E-state index is -0.227. The van der Waals surface area contributed by atoms with Crippen molar-refractivity contribution in [2.24, 2.45) is 0 Å². The smallest absolute Gasteiger partial charge is 0.138 e. The molecule has 6 heteroatoms. The van der Waals surface area contributed by atoms with Crippen LogP contribution >= 0.6 is 0 Å². The van der Waals surface area contributed by atoms with E-state index < -0.39 is 0 Å². The number of fused-ring (bicyclic) bond motifs is 4. The van der Waals surface area contributed by atoms with Gasteiger partial charge in [0.25, 0.3) is 0 Å². The number of hydrogen-bond donors (Lipinski definition) is 0. The zero-order chi connectivity index (χ0) is 31.6. The molecule has 1 aliphatic carbocycles. The molecule has 2 heterocycles. The predicted octanol–water partition coefficient (Wildman–Crippen LogP) is 9.03. The van der Waals surface area contributed by atoms with Crippen LogP contribution in [0.25, 0.3) is 11.1 Å². The van der Waals surface area contributed by atoms with E-state index >= 15 is 0 Å². The fraction of sp³-hybridized carbons (Fsp3) is 0.250.